The summed E-state index contributed by atoms with van der Waals surface area (Å²) < 4.78 is 0. The molecular formula is C16H24N2O2. The molecule has 2 atom stereocenters. The molecule has 0 bridgehead atoms. The van der Waals surface area contributed by atoms with Crippen LogP contribution in [0.1, 0.15) is 36.8 Å². The highest BCUT2D eigenvalue weighted by Crippen LogP contribution is 2.18. The van der Waals surface area contributed by atoms with Crippen LogP contribution in [0.5, 0.6) is 0 Å². The van der Waals surface area contributed by atoms with E-state index in [4.69, 9.17) is 0 Å². The lowest BCUT2D eigenvalue weighted by molar-refractivity contribution is 0.157. The Morgan fingerprint density at radius 3 is 3.05 bits per heavy atom. The molecule has 2 amide bonds. The fourth-order valence-electron chi connectivity index (χ4n) is 2.73. The van der Waals surface area contributed by atoms with E-state index in [0.717, 1.165) is 19.4 Å². The highest BCUT2D eigenvalue weighted by molar-refractivity contribution is 5.74. The van der Waals surface area contributed by atoms with Gasteiger partial charge in [0.05, 0.1) is 12.6 Å². The number of rotatable bonds is 4. The van der Waals surface area contributed by atoms with Crippen LogP contribution in [0.15, 0.2) is 24.3 Å². The van der Waals surface area contributed by atoms with Crippen molar-refractivity contribution < 1.29 is 9.90 Å². The number of hydrogen-bond acceptors (Lipinski definition) is 2. The Hall–Kier alpha value is -1.55. The monoisotopic (exact) mass is 276 g/mol. The number of benzene rings is 1. The van der Waals surface area contributed by atoms with Crippen LogP contribution in [0.3, 0.4) is 0 Å². The van der Waals surface area contributed by atoms with Crippen LogP contribution >= 0.6 is 0 Å². The van der Waals surface area contributed by atoms with Crippen molar-refractivity contribution in [3.05, 3.63) is 35.4 Å². The highest BCUT2D eigenvalue weighted by atomic mass is 16.3. The summed E-state index contributed by atoms with van der Waals surface area (Å²) >= 11 is 0. The third-order valence-electron chi connectivity index (χ3n) is 4.02. The van der Waals surface area contributed by atoms with Crippen molar-refractivity contribution in [1.82, 2.24) is 10.2 Å². The van der Waals surface area contributed by atoms with Crippen molar-refractivity contribution in [3.63, 3.8) is 0 Å². The number of nitrogens with zero attached hydrogens (tertiary/aromatic N) is 1. The molecule has 1 aromatic carbocycles. The zero-order valence-electron chi connectivity index (χ0n) is 12.3. The van der Waals surface area contributed by atoms with Gasteiger partial charge < -0.3 is 15.3 Å². The van der Waals surface area contributed by atoms with Gasteiger partial charge in [0.25, 0.3) is 0 Å². The van der Waals surface area contributed by atoms with E-state index in [2.05, 4.69) is 37.4 Å². The van der Waals surface area contributed by atoms with E-state index in [1.165, 1.54) is 11.1 Å². The molecule has 1 saturated heterocycles. The normalized spacial score (nSPS) is 19.9. The van der Waals surface area contributed by atoms with Gasteiger partial charge in [-0.05, 0) is 31.2 Å². The van der Waals surface area contributed by atoms with Gasteiger partial charge in [0.15, 0.2) is 0 Å². The lowest BCUT2D eigenvalue weighted by Crippen LogP contribution is -2.45. The topological polar surface area (TPSA) is 52.6 Å². The zero-order chi connectivity index (χ0) is 14.5. The summed E-state index contributed by atoms with van der Waals surface area (Å²) in [6, 6.07) is 8.31. The first-order valence-electron chi connectivity index (χ1n) is 7.33. The molecule has 1 heterocycles. The van der Waals surface area contributed by atoms with Gasteiger partial charge in [-0.3, -0.25) is 0 Å². The lowest BCUT2D eigenvalue weighted by atomic mass is 9.99. The van der Waals surface area contributed by atoms with Gasteiger partial charge in [0.1, 0.15) is 0 Å². The molecule has 110 valence electrons. The van der Waals surface area contributed by atoms with E-state index in [0.29, 0.717) is 6.54 Å². The second-order valence-corrected chi connectivity index (χ2v) is 5.67. The van der Waals surface area contributed by atoms with Crippen molar-refractivity contribution in [3.8, 4) is 0 Å². The summed E-state index contributed by atoms with van der Waals surface area (Å²) in [5.74, 6) is 0.286. The molecule has 2 N–H and O–H groups in total. The average molecular weight is 276 g/mol. The molecular weight excluding hydrogens is 252 g/mol. The maximum atomic E-state index is 12.1. The summed E-state index contributed by atoms with van der Waals surface area (Å²) in [5.41, 5.74) is 2.48. The molecule has 0 spiro atoms. The molecule has 0 aliphatic carbocycles. The van der Waals surface area contributed by atoms with Gasteiger partial charge in [-0.25, -0.2) is 4.79 Å². The third-order valence-corrected chi connectivity index (χ3v) is 4.02. The molecule has 4 heteroatoms. The van der Waals surface area contributed by atoms with Crippen molar-refractivity contribution in [1.29, 1.82) is 0 Å². The van der Waals surface area contributed by atoms with Crippen molar-refractivity contribution in [2.24, 2.45) is 0 Å². The van der Waals surface area contributed by atoms with Crippen LogP contribution in [-0.4, -0.2) is 41.8 Å². The standard InChI is InChI=1S/C16H24N2O2/c1-12-5-3-6-14(9-12)13(2)10-17-16(20)18-8-4-7-15(18)11-19/h3,5-6,9,13,15,19H,4,7-8,10-11H2,1-2H3,(H,17,20)/t13?,15-/m1/s1. The van der Waals surface area contributed by atoms with E-state index in [-0.39, 0.29) is 24.6 Å². The van der Waals surface area contributed by atoms with Crippen molar-refractivity contribution in [2.45, 2.75) is 38.6 Å². The minimum absolute atomic E-state index is 0.00993. The van der Waals surface area contributed by atoms with E-state index in [1.807, 2.05) is 6.07 Å². The van der Waals surface area contributed by atoms with E-state index >= 15 is 0 Å². The largest absolute Gasteiger partial charge is 0.394 e. The molecule has 0 aromatic heterocycles. The van der Waals surface area contributed by atoms with E-state index in [1.54, 1.807) is 4.90 Å². The van der Waals surface area contributed by atoms with Gasteiger partial charge in [-0.1, -0.05) is 36.8 Å². The predicted molar refractivity (Wildman–Crippen MR) is 79.8 cm³/mol. The number of carbonyl (C=O) groups excluding carboxylic acids is 1. The highest BCUT2D eigenvalue weighted by Gasteiger charge is 2.27. The van der Waals surface area contributed by atoms with Crippen LogP contribution in [-0.2, 0) is 0 Å². The van der Waals surface area contributed by atoms with E-state index < -0.39 is 0 Å². The van der Waals surface area contributed by atoms with Crippen LogP contribution in [0.4, 0.5) is 4.79 Å². The first kappa shape index (κ1) is 14.9. The molecule has 2 rings (SSSR count). The van der Waals surface area contributed by atoms with Gasteiger partial charge >= 0.3 is 6.03 Å². The molecule has 0 radical (unpaired) electrons. The minimum Gasteiger partial charge on any atom is -0.394 e. The molecule has 20 heavy (non-hydrogen) atoms. The Balaban J connectivity index is 1.87. The number of urea groups is 1. The van der Waals surface area contributed by atoms with Crippen LogP contribution in [0.2, 0.25) is 0 Å². The number of carbonyl (C=O) groups is 1. The third kappa shape index (κ3) is 3.51. The molecule has 4 nitrogen and oxygen atoms in total. The molecule has 1 aliphatic heterocycles. The number of aryl methyl sites for hydroxylation is 1. The number of aliphatic hydroxyl groups excluding tert-OH is 1. The van der Waals surface area contributed by atoms with Crippen LogP contribution in [0, 0.1) is 6.92 Å². The number of aliphatic hydroxyl groups is 1. The Morgan fingerprint density at radius 2 is 2.35 bits per heavy atom. The number of hydrogen-bond donors (Lipinski definition) is 2. The van der Waals surface area contributed by atoms with Crippen LogP contribution in [0.25, 0.3) is 0 Å². The van der Waals surface area contributed by atoms with Gasteiger partial charge in [-0.15, -0.1) is 0 Å². The van der Waals surface area contributed by atoms with Gasteiger partial charge in [0, 0.05) is 13.1 Å². The van der Waals surface area contributed by atoms with Gasteiger partial charge in [-0.2, -0.15) is 0 Å². The minimum atomic E-state index is -0.0546. The van der Waals surface area contributed by atoms with E-state index in [9.17, 15) is 9.90 Å². The Morgan fingerprint density at radius 1 is 1.55 bits per heavy atom. The summed E-state index contributed by atoms with van der Waals surface area (Å²) in [5, 5.41) is 12.2. The zero-order valence-corrected chi connectivity index (χ0v) is 12.3. The number of amides is 2. The van der Waals surface area contributed by atoms with Gasteiger partial charge in [0.2, 0.25) is 0 Å². The average Bonchev–Trinajstić information content (AvgIpc) is 2.92. The molecule has 1 fully saturated rings. The van der Waals surface area contributed by atoms with Crippen LogP contribution < -0.4 is 5.32 Å². The maximum Gasteiger partial charge on any atom is 0.317 e. The van der Waals surface area contributed by atoms with Crippen molar-refractivity contribution >= 4 is 6.03 Å². The molecule has 1 aliphatic rings. The quantitative estimate of drug-likeness (QED) is 0.886. The first-order valence-corrected chi connectivity index (χ1v) is 7.33. The molecule has 0 saturated carbocycles. The first-order chi connectivity index (χ1) is 9.61. The maximum absolute atomic E-state index is 12.1. The smallest absolute Gasteiger partial charge is 0.317 e. The number of nitrogens with one attached hydrogen (secondary N) is 1. The lowest BCUT2D eigenvalue weighted by Gasteiger charge is -2.24. The fourth-order valence-corrected chi connectivity index (χ4v) is 2.73. The molecule has 1 unspecified atom stereocenters. The summed E-state index contributed by atoms with van der Waals surface area (Å²) in [6.07, 6.45) is 1.88. The SMILES string of the molecule is Cc1cccc(C(C)CNC(=O)N2CCC[C@@H]2CO)c1. The molecule has 1 aromatic rings. The summed E-state index contributed by atoms with van der Waals surface area (Å²) in [7, 11) is 0. The Kier molecular flexibility index (Phi) is 5.01. The fraction of sp³-hybridized carbons (Fsp3) is 0.562. The number of likely N-dealkylation sites (tertiary alicyclic amines) is 1. The van der Waals surface area contributed by atoms with Crippen molar-refractivity contribution in [2.75, 3.05) is 19.7 Å². The predicted octanol–water partition coefficient (Wildman–Crippen LogP) is 2.26. The summed E-state index contributed by atoms with van der Waals surface area (Å²) in [4.78, 5) is 13.9. The second-order valence-electron chi connectivity index (χ2n) is 5.67. The summed E-state index contributed by atoms with van der Waals surface area (Å²) in [6.45, 7) is 5.61. The Labute approximate surface area is 120 Å². The second kappa shape index (κ2) is 6.75. The Bertz CT molecular complexity index is 462.